The van der Waals surface area contributed by atoms with E-state index in [0.29, 0.717) is 22.3 Å². The monoisotopic (exact) mass is 390 g/mol. The maximum atomic E-state index is 13.5. The summed E-state index contributed by atoms with van der Waals surface area (Å²) in [6.07, 6.45) is 4.02. The minimum absolute atomic E-state index is 0.00444. The normalized spacial score (nSPS) is 22.8. The van der Waals surface area contributed by atoms with Crippen molar-refractivity contribution in [3.05, 3.63) is 70.3 Å². The van der Waals surface area contributed by atoms with E-state index in [2.05, 4.69) is 0 Å². The number of carboxylic acid groups (broad SMARTS) is 1. The summed E-state index contributed by atoms with van der Waals surface area (Å²) >= 11 is 0. The fourth-order valence-electron chi connectivity index (χ4n) is 3.58. The highest BCUT2D eigenvalue weighted by Gasteiger charge is 2.49. The first-order valence-corrected chi connectivity index (χ1v) is 8.87. The minimum Gasteiger partial charge on any atom is -0.478 e. The van der Waals surface area contributed by atoms with Crippen LogP contribution in [-0.4, -0.2) is 27.6 Å². The number of aliphatic carboxylic acids is 1. The standard InChI is InChI=1S/C22H24F2O4/c1-13(7-20(26)27)5-6-22(28)14(2)18(19(25)12-21(22,3)4)10-15-8-16(23)11-17(24)9-15/h5-9,11,28H,10,12H2,1-4H3,(H,26,27)/t22-/m1/s1. The molecule has 0 aliphatic heterocycles. The van der Waals surface area contributed by atoms with Crippen LogP contribution in [0.5, 0.6) is 0 Å². The van der Waals surface area contributed by atoms with Crippen LogP contribution in [0, 0.1) is 17.0 Å². The number of halogens is 2. The summed E-state index contributed by atoms with van der Waals surface area (Å²) in [4.78, 5) is 23.5. The van der Waals surface area contributed by atoms with Crippen LogP contribution in [0.2, 0.25) is 0 Å². The number of carbonyl (C=O) groups is 2. The highest BCUT2D eigenvalue weighted by Crippen LogP contribution is 2.47. The van der Waals surface area contributed by atoms with E-state index in [1.165, 1.54) is 12.2 Å². The first-order valence-electron chi connectivity index (χ1n) is 8.87. The number of Topliss-reactive ketones (excluding diaryl/α,β-unsaturated/α-hetero) is 1. The van der Waals surface area contributed by atoms with Gasteiger partial charge in [0.05, 0.1) is 0 Å². The van der Waals surface area contributed by atoms with Crippen LogP contribution in [0.1, 0.15) is 39.7 Å². The molecule has 28 heavy (non-hydrogen) atoms. The van der Waals surface area contributed by atoms with Crippen LogP contribution in [0.4, 0.5) is 8.78 Å². The summed E-state index contributed by atoms with van der Waals surface area (Å²) in [5, 5.41) is 20.2. The lowest BCUT2D eigenvalue weighted by molar-refractivity contribution is -0.131. The van der Waals surface area contributed by atoms with Crippen molar-refractivity contribution in [3.8, 4) is 0 Å². The molecule has 1 aliphatic rings. The molecule has 1 aliphatic carbocycles. The Labute approximate surface area is 162 Å². The zero-order chi connectivity index (χ0) is 21.3. The molecule has 1 aromatic carbocycles. The predicted molar refractivity (Wildman–Crippen MR) is 102 cm³/mol. The van der Waals surface area contributed by atoms with Gasteiger partial charge in [0.2, 0.25) is 0 Å². The van der Waals surface area contributed by atoms with Crippen molar-refractivity contribution in [1.29, 1.82) is 0 Å². The van der Waals surface area contributed by atoms with E-state index in [1.54, 1.807) is 27.7 Å². The van der Waals surface area contributed by atoms with Crippen molar-refractivity contribution in [2.75, 3.05) is 0 Å². The first kappa shape index (κ1) is 21.7. The van der Waals surface area contributed by atoms with E-state index in [-0.39, 0.29) is 18.6 Å². The van der Waals surface area contributed by atoms with Gasteiger partial charge >= 0.3 is 5.97 Å². The smallest absolute Gasteiger partial charge is 0.328 e. The fourth-order valence-corrected chi connectivity index (χ4v) is 3.58. The molecule has 2 N–H and O–H groups in total. The van der Waals surface area contributed by atoms with Crippen molar-refractivity contribution in [1.82, 2.24) is 0 Å². The molecule has 0 unspecified atom stereocenters. The maximum Gasteiger partial charge on any atom is 0.328 e. The third kappa shape index (κ3) is 4.44. The average Bonchev–Trinajstić information content (AvgIpc) is 2.53. The third-order valence-corrected chi connectivity index (χ3v) is 5.24. The Balaban J connectivity index is 2.52. The number of allylic oxidation sites excluding steroid dienone is 3. The molecule has 0 fully saturated rings. The lowest BCUT2D eigenvalue weighted by atomic mass is 9.62. The van der Waals surface area contributed by atoms with Crippen molar-refractivity contribution in [2.45, 2.75) is 46.1 Å². The number of carbonyl (C=O) groups excluding carboxylic acids is 1. The van der Waals surface area contributed by atoms with E-state index in [9.17, 15) is 23.5 Å². The number of aliphatic hydroxyl groups is 1. The highest BCUT2D eigenvalue weighted by molar-refractivity contribution is 5.98. The van der Waals surface area contributed by atoms with Gasteiger partial charge in [-0.05, 0) is 48.8 Å². The summed E-state index contributed by atoms with van der Waals surface area (Å²) in [7, 11) is 0. The van der Waals surface area contributed by atoms with Gasteiger partial charge in [-0.2, -0.15) is 0 Å². The number of carboxylic acids is 1. The Morgan fingerprint density at radius 3 is 2.32 bits per heavy atom. The van der Waals surface area contributed by atoms with E-state index >= 15 is 0 Å². The second-order valence-corrected chi connectivity index (χ2v) is 7.87. The van der Waals surface area contributed by atoms with Crippen molar-refractivity contribution in [3.63, 3.8) is 0 Å². The molecule has 0 spiro atoms. The lowest BCUT2D eigenvalue weighted by Crippen LogP contribution is -2.49. The SMILES string of the molecule is CC(C=C[C@@]1(O)C(C)=C(Cc2cc(F)cc(F)c2)C(=O)CC1(C)C)=CC(=O)O. The first-order chi connectivity index (χ1) is 12.9. The van der Waals surface area contributed by atoms with E-state index in [4.69, 9.17) is 5.11 Å². The molecule has 0 bridgehead atoms. The Bertz CT molecular complexity index is 889. The predicted octanol–water partition coefficient (Wildman–Crippen LogP) is 4.14. The number of ketones is 1. The van der Waals surface area contributed by atoms with E-state index in [1.807, 2.05) is 0 Å². The number of hydrogen-bond acceptors (Lipinski definition) is 3. The van der Waals surface area contributed by atoms with Crippen molar-refractivity contribution >= 4 is 11.8 Å². The summed E-state index contributed by atoms with van der Waals surface area (Å²) in [5.74, 6) is -2.76. The molecular formula is C22H24F2O4. The van der Waals surface area contributed by atoms with Gasteiger partial charge in [-0.3, -0.25) is 4.79 Å². The molecule has 0 saturated carbocycles. The number of hydrogen-bond donors (Lipinski definition) is 2. The lowest BCUT2D eigenvalue weighted by Gasteiger charge is -2.45. The summed E-state index contributed by atoms with van der Waals surface area (Å²) in [6, 6.07) is 3.07. The molecule has 1 aromatic rings. The largest absolute Gasteiger partial charge is 0.478 e. The quantitative estimate of drug-likeness (QED) is 0.585. The molecule has 0 aromatic heterocycles. The van der Waals surface area contributed by atoms with Gasteiger partial charge in [0.1, 0.15) is 17.2 Å². The van der Waals surface area contributed by atoms with Gasteiger partial charge in [-0.1, -0.05) is 19.9 Å². The summed E-state index contributed by atoms with van der Waals surface area (Å²) < 4.78 is 27.0. The van der Waals surface area contributed by atoms with Crippen molar-refractivity contribution < 1.29 is 28.6 Å². The van der Waals surface area contributed by atoms with Crippen LogP contribution in [0.25, 0.3) is 0 Å². The Kier molecular flexibility index (Phi) is 6.04. The van der Waals surface area contributed by atoms with E-state index in [0.717, 1.165) is 24.3 Å². The maximum absolute atomic E-state index is 13.5. The van der Waals surface area contributed by atoms with Gasteiger partial charge < -0.3 is 10.2 Å². The molecule has 4 nitrogen and oxygen atoms in total. The average molecular weight is 390 g/mol. The van der Waals surface area contributed by atoms with Gasteiger partial charge in [-0.15, -0.1) is 0 Å². The topological polar surface area (TPSA) is 74.6 Å². The van der Waals surface area contributed by atoms with Crippen LogP contribution in [-0.2, 0) is 16.0 Å². The molecular weight excluding hydrogens is 366 g/mol. The molecule has 0 radical (unpaired) electrons. The molecule has 6 heteroatoms. The van der Waals surface area contributed by atoms with E-state index < -0.39 is 28.6 Å². The third-order valence-electron chi connectivity index (χ3n) is 5.24. The number of rotatable bonds is 5. The minimum atomic E-state index is -1.52. The summed E-state index contributed by atoms with van der Waals surface area (Å²) in [5.41, 5.74) is -0.946. The second kappa shape index (κ2) is 7.80. The summed E-state index contributed by atoms with van der Waals surface area (Å²) in [6.45, 7) is 6.69. The van der Waals surface area contributed by atoms with Crippen molar-refractivity contribution in [2.24, 2.45) is 5.41 Å². The molecule has 0 amide bonds. The molecule has 0 heterocycles. The van der Waals surface area contributed by atoms with Gasteiger partial charge in [0.25, 0.3) is 0 Å². The molecule has 150 valence electrons. The Morgan fingerprint density at radius 1 is 1.21 bits per heavy atom. The zero-order valence-corrected chi connectivity index (χ0v) is 16.3. The number of benzene rings is 1. The molecule has 2 rings (SSSR count). The van der Waals surface area contributed by atoms with Crippen LogP contribution in [0.15, 0.2) is 53.1 Å². The zero-order valence-electron chi connectivity index (χ0n) is 16.3. The molecule has 1 atom stereocenters. The van der Waals surface area contributed by atoms with Gasteiger partial charge in [0, 0.05) is 36.0 Å². The second-order valence-electron chi connectivity index (χ2n) is 7.87. The van der Waals surface area contributed by atoms with Gasteiger partial charge in [-0.25, -0.2) is 13.6 Å². The van der Waals surface area contributed by atoms with Crippen LogP contribution >= 0.6 is 0 Å². The Hall–Kier alpha value is -2.60. The fraction of sp³-hybridized carbons (Fsp3) is 0.364. The van der Waals surface area contributed by atoms with Gasteiger partial charge in [0.15, 0.2) is 5.78 Å². The highest BCUT2D eigenvalue weighted by atomic mass is 19.1. The molecule has 0 saturated heterocycles. The van der Waals surface area contributed by atoms with Crippen LogP contribution in [0.3, 0.4) is 0 Å². The van der Waals surface area contributed by atoms with Crippen LogP contribution < -0.4 is 0 Å². The Morgan fingerprint density at radius 2 is 1.79 bits per heavy atom.